The summed E-state index contributed by atoms with van der Waals surface area (Å²) in [4.78, 5) is 36.0. The van der Waals surface area contributed by atoms with Gasteiger partial charge in [0.15, 0.2) is 5.11 Å². The number of amides is 3. The fourth-order valence-corrected chi connectivity index (χ4v) is 3.24. The molecular weight excluding hydrogens is 364 g/mol. The summed E-state index contributed by atoms with van der Waals surface area (Å²) in [7, 11) is 0. The number of nitrogens with one attached hydrogen (secondary N) is 4. The Hall–Kier alpha value is -2.48. The molecular formula is C19H24N4O3S. The van der Waals surface area contributed by atoms with Gasteiger partial charge in [-0.25, -0.2) is 0 Å². The Labute approximate surface area is 163 Å². The zero-order valence-electron chi connectivity index (χ0n) is 15.0. The van der Waals surface area contributed by atoms with Crippen molar-refractivity contribution in [3.05, 3.63) is 29.8 Å². The lowest BCUT2D eigenvalue weighted by Gasteiger charge is -2.20. The van der Waals surface area contributed by atoms with Crippen LogP contribution in [0.5, 0.6) is 0 Å². The van der Waals surface area contributed by atoms with Gasteiger partial charge >= 0.3 is 0 Å². The van der Waals surface area contributed by atoms with Gasteiger partial charge in [-0.1, -0.05) is 19.3 Å². The summed E-state index contributed by atoms with van der Waals surface area (Å²) in [5.74, 6) is -0.345. The summed E-state index contributed by atoms with van der Waals surface area (Å²) < 4.78 is 0. The molecule has 0 aliphatic heterocycles. The molecule has 0 bridgehead atoms. The molecule has 2 saturated carbocycles. The molecule has 0 atom stereocenters. The monoisotopic (exact) mass is 388 g/mol. The minimum Gasteiger partial charge on any atom is -0.326 e. The highest BCUT2D eigenvalue weighted by Gasteiger charge is 2.30. The van der Waals surface area contributed by atoms with E-state index in [0.29, 0.717) is 11.3 Å². The predicted molar refractivity (Wildman–Crippen MR) is 106 cm³/mol. The van der Waals surface area contributed by atoms with Crippen LogP contribution >= 0.6 is 12.2 Å². The van der Waals surface area contributed by atoms with Crippen LogP contribution in [0.3, 0.4) is 0 Å². The van der Waals surface area contributed by atoms with E-state index in [-0.39, 0.29) is 34.7 Å². The van der Waals surface area contributed by atoms with Gasteiger partial charge in [0.1, 0.15) is 0 Å². The van der Waals surface area contributed by atoms with Crippen LogP contribution < -0.4 is 21.5 Å². The van der Waals surface area contributed by atoms with E-state index in [1.165, 1.54) is 6.42 Å². The number of thiocarbonyl (C=S) groups is 1. The number of hydrazine groups is 1. The summed E-state index contributed by atoms with van der Waals surface area (Å²) in [6.07, 6.45) is 7.05. The predicted octanol–water partition coefficient (Wildman–Crippen LogP) is 2.25. The van der Waals surface area contributed by atoms with Crippen molar-refractivity contribution in [3.63, 3.8) is 0 Å². The van der Waals surface area contributed by atoms with Gasteiger partial charge in [0, 0.05) is 23.1 Å². The minimum absolute atomic E-state index is 0.0387. The van der Waals surface area contributed by atoms with Crippen molar-refractivity contribution in [1.29, 1.82) is 0 Å². The fraction of sp³-hybridized carbons (Fsp3) is 0.474. The molecule has 0 unspecified atom stereocenters. The molecule has 1 aromatic carbocycles. The number of rotatable bonds is 4. The van der Waals surface area contributed by atoms with Gasteiger partial charge < -0.3 is 10.6 Å². The van der Waals surface area contributed by atoms with Crippen molar-refractivity contribution in [1.82, 2.24) is 16.2 Å². The molecule has 3 amide bonds. The van der Waals surface area contributed by atoms with Crippen LogP contribution in [0.25, 0.3) is 0 Å². The van der Waals surface area contributed by atoms with E-state index >= 15 is 0 Å². The molecule has 8 heteroatoms. The molecule has 27 heavy (non-hydrogen) atoms. The Morgan fingerprint density at radius 1 is 0.815 bits per heavy atom. The standard InChI is InChI=1S/C19H24N4O3S/c24-16(12-4-2-1-3-5-12)20-15-10-8-14(9-11-15)18(26)22-23-19(27)21-17(25)13-6-7-13/h8-13H,1-7H2,(H,20,24)(H,22,26)(H2,21,23,25,27). The normalized spacial score (nSPS) is 16.9. The average molecular weight is 388 g/mol. The third-order valence-corrected chi connectivity index (χ3v) is 5.07. The number of hydrogen-bond acceptors (Lipinski definition) is 4. The van der Waals surface area contributed by atoms with Crippen LogP contribution in [0.2, 0.25) is 0 Å². The zero-order chi connectivity index (χ0) is 19.2. The van der Waals surface area contributed by atoms with Crippen molar-refractivity contribution >= 4 is 40.7 Å². The first kappa shape index (κ1) is 19.3. The number of carbonyl (C=O) groups is 3. The van der Waals surface area contributed by atoms with Crippen LogP contribution in [0.1, 0.15) is 55.3 Å². The Kier molecular flexibility index (Phi) is 6.39. The summed E-state index contributed by atoms with van der Waals surface area (Å²) >= 11 is 4.97. The molecule has 3 rings (SSSR count). The van der Waals surface area contributed by atoms with Gasteiger partial charge in [-0.2, -0.15) is 0 Å². The first-order valence-corrected chi connectivity index (χ1v) is 9.76. The van der Waals surface area contributed by atoms with E-state index in [4.69, 9.17) is 12.2 Å². The summed E-state index contributed by atoms with van der Waals surface area (Å²) in [5.41, 5.74) is 6.04. The van der Waals surface area contributed by atoms with Crippen molar-refractivity contribution in [2.75, 3.05) is 5.32 Å². The van der Waals surface area contributed by atoms with Gasteiger partial charge in [0.2, 0.25) is 11.8 Å². The largest absolute Gasteiger partial charge is 0.326 e. The Morgan fingerprint density at radius 3 is 2.07 bits per heavy atom. The quantitative estimate of drug-likeness (QED) is 0.468. The van der Waals surface area contributed by atoms with Crippen molar-refractivity contribution < 1.29 is 14.4 Å². The molecule has 4 N–H and O–H groups in total. The highest BCUT2D eigenvalue weighted by atomic mass is 32.1. The maximum atomic E-state index is 12.3. The van der Waals surface area contributed by atoms with Gasteiger partial charge in [-0.3, -0.25) is 25.2 Å². The lowest BCUT2D eigenvalue weighted by atomic mass is 9.88. The van der Waals surface area contributed by atoms with Crippen molar-refractivity contribution in [3.8, 4) is 0 Å². The van der Waals surface area contributed by atoms with E-state index < -0.39 is 0 Å². The average Bonchev–Trinajstić information content (AvgIpc) is 3.53. The zero-order valence-corrected chi connectivity index (χ0v) is 15.9. The number of hydrogen-bond donors (Lipinski definition) is 4. The van der Waals surface area contributed by atoms with Crippen LogP contribution in [0, 0.1) is 11.8 Å². The third kappa shape index (κ3) is 5.75. The number of carbonyl (C=O) groups excluding carboxylic acids is 3. The lowest BCUT2D eigenvalue weighted by Crippen LogP contribution is -2.48. The first-order valence-electron chi connectivity index (χ1n) is 9.35. The summed E-state index contributed by atoms with van der Waals surface area (Å²) in [6, 6.07) is 6.64. The highest BCUT2D eigenvalue weighted by Crippen LogP contribution is 2.28. The first-order chi connectivity index (χ1) is 13.0. The Balaban J connectivity index is 1.44. The van der Waals surface area contributed by atoms with Crippen LogP contribution in [-0.4, -0.2) is 22.8 Å². The molecule has 2 aliphatic carbocycles. The van der Waals surface area contributed by atoms with E-state index in [1.807, 2.05) is 0 Å². The Bertz CT molecular complexity index is 725. The maximum absolute atomic E-state index is 12.3. The molecule has 0 radical (unpaired) electrons. The second-order valence-electron chi connectivity index (χ2n) is 7.07. The van der Waals surface area contributed by atoms with Gasteiger partial charge in [0.25, 0.3) is 5.91 Å². The van der Waals surface area contributed by atoms with E-state index in [2.05, 4.69) is 21.5 Å². The topological polar surface area (TPSA) is 99.3 Å². The van der Waals surface area contributed by atoms with Gasteiger partial charge in [-0.05, 0) is 62.2 Å². The molecule has 144 valence electrons. The Morgan fingerprint density at radius 2 is 1.44 bits per heavy atom. The van der Waals surface area contributed by atoms with Crippen molar-refractivity contribution in [2.45, 2.75) is 44.9 Å². The molecule has 1 aromatic rings. The van der Waals surface area contributed by atoms with Crippen molar-refractivity contribution in [2.24, 2.45) is 11.8 Å². The molecule has 0 saturated heterocycles. The van der Waals surface area contributed by atoms with Gasteiger partial charge in [0.05, 0.1) is 0 Å². The molecule has 7 nitrogen and oxygen atoms in total. The molecule has 2 fully saturated rings. The van der Waals surface area contributed by atoms with Gasteiger partial charge in [-0.15, -0.1) is 0 Å². The summed E-state index contributed by atoms with van der Waals surface area (Å²) in [5, 5.41) is 5.51. The molecule has 0 aromatic heterocycles. The van der Waals surface area contributed by atoms with Crippen LogP contribution in [0.15, 0.2) is 24.3 Å². The molecule has 2 aliphatic rings. The van der Waals surface area contributed by atoms with Crippen LogP contribution in [0.4, 0.5) is 5.69 Å². The number of anilines is 1. The molecule has 0 heterocycles. The summed E-state index contributed by atoms with van der Waals surface area (Å²) in [6.45, 7) is 0. The second-order valence-corrected chi connectivity index (χ2v) is 7.48. The van der Waals surface area contributed by atoms with E-state index in [1.54, 1.807) is 24.3 Å². The SMILES string of the molecule is O=C(NNC(=S)NC(=O)C1CC1)c1ccc(NC(=O)C2CCCCC2)cc1. The minimum atomic E-state index is -0.386. The highest BCUT2D eigenvalue weighted by molar-refractivity contribution is 7.80. The van der Waals surface area contributed by atoms with Crippen LogP contribution in [-0.2, 0) is 9.59 Å². The lowest BCUT2D eigenvalue weighted by molar-refractivity contribution is -0.121. The number of benzene rings is 1. The second kappa shape index (κ2) is 8.94. The third-order valence-electron chi connectivity index (χ3n) is 4.87. The molecule has 0 spiro atoms. The van der Waals surface area contributed by atoms with E-state index in [9.17, 15) is 14.4 Å². The van der Waals surface area contributed by atoms with E-state index in [0.717, 1.165) is 38.5 Å². The smallest absolute Gasteiger partial charge is 0.269 e. The maximum Gasteiger partial charge on any atom is 0.269 e. The fourth-order valence-electron chi connectivity index (χ4n) is 3.09.